The van der Waals surface area contributed by atoms with Gasteiger partial charge in [0.1, 0.15) is 5.65 Å². The summed E-state index contributed by atoms with van der Waals surface area (Å²) in [4.78, 5) is 15.0. The quantitative estimate of drug-likeness (QED) is 0.599. The van der Waals surface area contributed by atoms with Gasteiger partial charge in [0, 0.05) is 17.0 Å². The molecular weight excluding hydrogens is 342 g/mol. The van der Waals surface area contributed by atoms with Crippen LogP contribution in [0.25, 0.3) is 16.6 Å². The van der Waals surface area contributed by atoms with Crippen molar-refractivity contribution < 1.29 is 0 Å². The molecule has 0 aliphatic carbocycles. The molecule has 0 aliphatic heterocycles. The third-order valence-electron chi connectivity index (χ3n) is 3.65. The molecule has 5 heteroatoms. The Morgan fingerprint density at radius 3 is 2.82 bits per heavy atom. The number of rotatable bonds is 2. The second-order valence-corrected chi connectivity index (χ2v) is 6.13. The van der Waals surface area contributed by atoms with Gasteiger partial charge in [-0.05, 0) is 29.8 Å². The fourth-order valence-electron chi connectivity index (χ4n) is 2.68. The van der Waals surface area contributed by atoms with Gasteiger partial charge in [0.15, 0.2) is 0 Å². The van der Waals surface area contributed by atoms with E-state index in [0.29, 0.717) is 11.0 Å². The number of nitrogens with zero attached hydrogens (tertiary/aromatic N) is 2. The monoisotopic (exact) mass is 353 g/mol. The summed E-state index contributed by atoms with van der Waals surface area (Å²) in [7, 11) is 0. The predicted molar refractivity (Wildman–Crippen MR) is 90.3 cm³/mol. The number of aromatic nitrogens is 3. The molecule has 1 N–H and O–H groups in total. The second-order valence-electron chi connectivity index (χ2n) is 5.21. The molecule has 0 unspecified atom stereocenters. The molecule has 0 atom stereocenters. The minimum Gasteiger partial charge on any atom is -0.306 e. The largest absolute Gasteiger partial charge is 0.306 e. The number of fused-ring (bicyclic) bond motifs is 3. The lowest BCUT2D eigenvalue weighted by atomic mass is 10.1. The number of H-pyrrole nitrogens is 1. The maximum Gasteiger partial charge on any atom is 0.259 e. The van der Waals surface area contributed by atoms with Crippen LogP contribution in [0.5, 0.6) is 0 Å². The molecule has 4 rings (SSSR count). The first-order valence-electron chi connectivity index (χ1n) is 6.95. The van der Waals surface area contributed by atoms with Gasteiger partial charge in [-0.15, -0.1) is 0 Å². The zero-order chi connectivity index (χ0) is 15.1. The normalized spacial score (nSPS) is 11.3. The highest BCUT2D eigenvalue weighted by molar-refractivity contribution is 9.10. The summed E-state index contributed by atoms with van der Waals surface area (Å²) in [6.45, 7) is 0. The van der Waals surface area contributed by atoms with E-state index in [1.54, 1.807) is 4.52 Å². The van der Waals surface area contributed by atoms with Crippen molar-refractivity contribution in [2.45, 2.75) is 6.42 Å². The first-order valence-corrected chi connectivity index (χ1v) is 7.74. The van der Waals surface area contributed by atoms with Gasteiger partial charge in [-0.1, -0.05) is 40.2 Å². The summed E-state index contributed by atoms with van der Waals surface area (Å²) in [5, 5.41) is 5.28. The number of hydrogen-bond acceptors (Lipinski definition) is 2. The van der Waals surface area contributed by atoms with Crippen LogP contribution in [0.3, 0.4) is 0 Å². The number of nitrogens with one attached hydrogen (secondary N) is 1. The van der Waals surface area contributed by atoms with E-state index >= 15 is 0 Å². The Balaban J connectivity index is 1.87. The van der Waals surface area contributed by atoms with E-state index in [1.807, 2.05) is 42.5 Å². The Kier molecular flexibility index (Phi) is 3.08. The van der Waals surface area contributed by atoms with E-state index < -0.39 is 0 Å². The molecular formula is C17H12BrN3O. The molecule has 0 spiro atoms. The van der Waals surface area contributed by atoms with Crippen LogP contribution >= 0.6 is 15.9 Å². The fraction of sp³-hybridized carbons (Fsp3) is 0.0588. The molecule has 4 nitrogen and oxygen atoms in total. The van der Waals surface area contributed by atoms with Crippen molar-refractivity contribution in [1.82, 2.24) is 14.6 Å². The summed E-state index contributed by atoms with van der Waals surface area (Å²) in [6, 6.07) is 17.6. The number of benzene rings is 2. The van der Waals surface area contributed by atoms with Crippen molar-refractivity contribution in [3.8, 4) is 0 Å². The molecule has 4 aromatic rings. The molecule has 2 aromatic heterocycles. The van der Waals surface area contributed by atoms with Gasteiger partial charge in [0.05, 0.1) is 16.6 Å². The van der Waals surface area contributed by atoms with Crippen molar-refractivity contribution in [3.05, 3.63) is 80.7 Å². The standard InChI is InChI=1S/C17H12BrN3O/c18-12-5-3-4-11(8-12)9-13-10-16-19-17(22)14-6-1-2-7-15(14)21(16)20-13/h1-8,10H,9H2,(H,19,22). The average molecular weight is 354 g/mol. The number of halogens is 1. The minimum atomic E-state index is -0.0861. The van der Waals surface area contributed by atoms with Crippen LogP contribution in [0, 0.1) is 0 Å². The summed E-state index contributed by atoms with van der Waals surface area (Å²) in [5.41, 5.74) is 3.54. The molecule has 22 heavy (non-hydrogen) atoms. The van der Waals surface area contributed by atoms with Gasteiger partial charge in [0.25, 0.3) is 5.56 Å². The maximum absolute atomic E-state index is 12.1. The van der Waals surface area contributed by atoms with Gasteiger partial charge in [0.2, 0.25) is 0 Å². The van der Waals surface area contributed by atoms with Crippen LogP contribution < -0.4 is 5.56 Å². The highest BCUT2D eigenvalue weighted by Gasteiger charge is 2.08. The lowest BCUT2D eigenvalue weighted by molar-refractivity contribution is 0.925. The third kappa shape index (κ3) is 2.23. The molecule has 0 amide bonds. The summed E-state index contributed by atoms with van der Waals surface area (Å²) in [6.07, 6.45) is 0.720. The number of para-hydroxylation sites is 1. The van der Waals surface area contributed by atoms with E-state index in [0.717, 1.165) is 22.1 Å². The zero-order valence-electron chi connectivity index (χ0n) is 11.6. The fourth-order valence-corrected chi connectivity index (χ4v) is 3.13. The SMILES string of the molecule is O=c1[nH]c2cc(Cc3cccc(Br)c3)nn2c2ccccc12. The van der Waals surface area contributed by atoms with Crippen LogP contribution in [0.15, 0.2) is 63.9 Å². The molecule has 108 valence electrons. The second kappa shape index (κ2) is 5.10. The van der Waals surface area contributed by atoms with E-state index in [-0.39, 0.29) is 5.56 Å². The summed E-state index contributed by atoms with van der Waals surface area (Å²) < 4.78 is 2.84. The molecule has 0 aliphatic rings. The molecule has 0 fully saturated rings. The highest BCUT2D eigenvalue weighted by Crippen LogP contribution is 2.17. The molecule has 0 bridgehead atoms. The van der Waals surface area contributed by atoms with Gasteiger partial charge in [-0.2, -0.15) is 5.10 Å². The molecule has 2 heterocycles. The topological polar surface area (TPSA) is 50.2 Å². The van der Waals surface area contributed by atoms with E-state index in [4.69, 9.17) is 0 Å². The molecule has 2 aromatic carbocycles. The van der Waals surface area contributed by atoms with Crippen molar-refractivity contribution in [2.75, 3.05) is 0 Å². The number of hydrogen-bond donors (Lipinski definition) is 1. The van der Waals surface area contributed by atoms with Gasteiger partial charge >= 0.3 is 0 Å². The van der Waals surface area contributed by atoms with E-state index in [2.05, 4.69) is 38.1 Å². The summed E-state index contributed by atoms with van der Waals surface area (Å²) >= 11 is 3.48. The summed E-state index contributed by atoms with van der Waals surface area (Å²) in [5.74, 6) is 0. The molecule has 0 saturated heterocycles. The lowest BCUT2D eigenvalue weighted by Gasteiger charge is -2.00. The van der Waals surface area contributed by atoms with E-state index in [1.165, 1.54) is 5.56 Å². The maximum atomic E-state index is 12.1. The zero-order valence-corrected chi connectivity index (χ0v) is 13.2. The third-order valence-corrected chi connectivity index (χ3v) is 4.15. The van der Waals surface area contributed by atoms with E-state index in [9.17, 15) is 4.79 Å². The van der Waals surface area contributed by atoms with Crippen LogP contribution in [0.1, 0.15) is 11.3 Å². The van der Waals surface area contributed by atoms with Gasteiger partial charge < -0.3 is 4.98 Å². The van der Waals surface area contributed by atoms with Gasteiger partial charge in [-0.25, -0.2) is 4.52 Å². The molecule has 0 radical (unpaired) electrons. The van der Waals surface area contributed by atoms with Crippen LogP contribution in [-0.2, 0) is 6.42 Å². The lowest BCUT2D eigenvalue weighted by Crippen LogP contribution is -2.09. The smallest absolute Gasteiger partial charge is 0.259 e. The van der Waals surface area contributed by atoms with Gasteiger partial charge in [-0.3, -0.25) is 4.79 Å². The Morgan fingerprint density at radius 1 is 1.09 bits per heavy atom. The van der Waals surface area contributed by atoms with Crippen molar-refractivity contribution in [1.29, 1.82) is 0 Å². The first kappa shape index (κ1) is 13.3. The highest BCUT2D eigenvalue weighted by atomic mass is 79.9. The Labute approximate surface area is 134 Å². The predicted octanol–water partition coefficient (Wildman–Crippen LogP) is 3.53. The Morgan fingerprint density at radius 2 is 1.95 bits per heavy atom. The van der Waals surface area contributed by atoms with Crippen molar-refractivity contribution in [2.24, 2.45) is 0 Å². The number of aromatic amines is 1. The van der Waals surface area contributed by atoms with Crippen molar-refractivity contribution in [3.63, 3.8) is 0 Å². The van der Waals surface area contributed by atoms with Crippen LogP contribution in [0.2, 0.25) is 0 Å². The Hall–Kier alpha value is -2.40. The van der Waals surface area contributed by atoms with Crippen molar-refractivity contribution >= 4 is 32.5 Å². The van der Waals surface area contributed by atoms with Crippen LogP contribution in [0.4, 0.5) is 0 Å². The molecule has 0 saturated carbocycles. The minimum absolute atomic E-state index is 0.0861. The first-order chi connectivity index (χ1) is 10.7. The van der Waals surface area contributed by atoms with Crippen LogP contribution in [-0.4, -0.2) is 14.6 Å². The average Bonchev–Trinajstić information content (AvgIpc) is 2.90. The Bertz CT molecular complexity index is 1050.